The first-order valence-corrected chi connectivity index (χ1v) is 17.8. The van der Waals surface area contributed by atoms with Crippen molar-refractivity contribution in [2.45, 2.75) is 149 Å². The minimum absolute atomic E-state index is 0.00732. The minimum Gasteiger partial charge on any atom is -0.281 e. The zero-order valence-electron chi connectivity index (χ0n) is 24.0. The Kier molecular flexibility index (Phi) is 9.48. The van der Waals surface area contributed by atoms with Gasteiger partial charge in [0.25, 0.3) is 9.84 Å². The van der Waals surface area contributed by atoms with Crippen LogP contribution in [0.3, 0.4) is 0 Å². The summed E-state index contributed by atoms with van der Waals surface area (Å²) in [5.74, 6) is -8.09. The van der Waals surface area contributed by atoms with Crippen molar-refractivity contribution in [3.05, 3.63) is 27.8 Å². The molecule has 0 aromatic heterocycles. The van der Waals surface area contributed by atoms with Crippen LogP contribution in [0, 0.1) is 13.8 Å². The Balaban J connectivity index is 2.10. The molecule has 0 spiro atoms. The van der Waals surface area contributed by atoms with E-state index in [0.29, 0.717) is 62.5 Å². The molecule has 0 radical (unpaired) electrons. The molecule has 0 bridgehead atoms. The fourth-order valence-corrected chi connectivity index (χ4v) is 10.2. The van der Waals surface area contributed by atoms with Gasteiger partial charge in [-0.15, -0.1) is 0 Å². The molecule has 0 aliphatic heterocycles. The maximum Gasteiger partial charge on any atom is 0.439 e. The third-order valence-corrected chi connectivity index (χ3v) is 12.6. The number of halogens is 6. The summed E-state index contributed by atoms with van der Waals surface area (Å²) < 4.78 is 149. The summed E-state index contributed by atoms with van der Waals surface area (Å²) in [5.41, 5.74) is 1.67. The maximum atomic E-state index is 15.7. The van der Waals surface area contributed by atoms with Gasteiger partial charge >= 0.3 is 26.5 Å². The Labute approximate surface area is 244 Å². The van der Waals surface area contributed by atoms with Gasteiger partial charge < -0.3 is 0 Å². The van der Waals surface area contributed by atoms with E-state index < -0.39 is 53.1 Å². The number of benzene rings is 1. The van der Waals surface area contributed by atoms with Crippen LogP contribution in [0.1, 0.15) is 142 Å². The van der Waals surface area contributed by atoms with Gasteiger partial charge in [-0.3, -0.25) is 4.55 Å². The van der Waals surface area contributed by atoms with Crippen molar-refractivity contribution in [1.82, 2.24) is 0 Å². The highest BCUT2D eigenvalue weighted by molar-refractivity contribution is 7.92. The Morgan fingerprint density at radius 1 is 0.548 bits per heavy atom. The van der Waals surface area contributed by atoms with Crippen LogP contribution in [-0.2, 0) is 20.0 Å². The van der Waals surface area contributed by atoms with Gasteiger partial charge in [0.15, 0.2) is 0 Å². The van der Waals surface area contributed by atoms with Crippen molar-refractivity contribution in [2.24, 2.45) is 0 Å². The molecule has 3 aliphatic carbocycles. The summed E-state index contributed by atoms with van der Waals surface area (Å²) >= 11 is 0. The number of hydrogen-bond acceptors (Lipinski definition) is 4. The van der Waals surface area contributed by atoms with Gasteiger partial charge in [-0.1, -0.05) is 57.8 Å². The van der Waals surface area contributed by atoms with Crippen LogP contribution < -0.4 is 0 Å². The summed E-state index contributed by atoms with van der Waals surface area (Å²) in [6.07, 6.45) is 10.4. The quantitative estimate of drug-likeness (QED) is 0.225. The topological polar surface area (TPSA) is 88.5 Å². The Hall–Kier alpha value is -1.34. The van der Waals surface area contributed by atoms with Crippen LogP contribution in [0.25, 0.3) is 0 Å². The number of rotatable bonds is 8. The molecule has 3 saturated carbocycles. The molecule has 0 unspecified atom stereocenters. The van der Waals surface area contributed by atoms with Crippen molar-refractivity contribution in [3.63, 3.8) is 0 Å². The fourth-order valence-electron chi connectivity index (χ4n) is 7.74. The fraction of sp³-hybridized carbons (Fsp3) is 0.793. The number of alkyl halides is 6. The highest BCUT2D eigenvalue weighted by Gasteiger charge is 2.82. The molecule has 1 N–H and O–H groups in total. The largest absolute Gasteiger partial charge is 0.439 e. The third kappa shape index (κ3) is 5.41. The maximum absolute atomic E-state index is 15.7. The molecule has 0 saturated heterocycles. The molecule has 0 amide bonds. The van der Waals surface area contributed by atoms with Crippen LogP contribution in [0.15, 0.2) is 4.90 Å². The van der Waals surface area contributed by atoms with Crippen molar-refractivity contribution < 1.29 is 47.7 Å². The van der Waals surface area contributed by atoms with Gasteiger partial charge in [-0.05, 0) is 97.9 Å². The molecular formula is C29H40F6O5S2. The molecule has 5 nitrogen and oxygen atoms in total. The second kappa shape index (κ2) is 11.9. The lowest BCUT2D eigenvalue weighted by Gasteiger charge is -2.38. The van der Waals surface area contributed by atoms with Crippen molar-refractivity contribution in [3.8, 4) is 0 Å². The van der Waals surface area contributed by atoms with E-state index in [9.17, 15) is 34.4 Å². The van der Waals surface area contributed by atoms with Gasteiger partial charge in [-0.2, -0.15) is 34.8 Å². The molecule has 0 heterocycles. The molecule has 0 atom stereocenters. The third-order valence-electron chi connectivity index (χ3n) is 9.81. The van der Waals surface area contributed by atoms with Gasteiger partial charge in [-0.25, -0.2) is 8.42 Å². The molecule has 4 rings (SSSR count). The van der Waals surface area contributed by atoms with Gasteiger partial charge in [0.1, 0.15) is 0 Å². The molecule has 240 valence electrons. The highest BCUT2D eigenvalue weighted by atomic mass is 32.2. The summed E-state index contributed by atoms with van der Waals surface area (Å²) in [4.78, 5) is -1.04. The summed E-state index contributed by atoms with van der Waals surface area (Å²) in [7, 11) is -13.7. The Bertz CT molecular complexity index is 1330. The van der Waals surface area contributed by atoms with E-state index >= 15 is 8.78 Å². The average molecular weight is 647 g/mol. The first-order chi connectivity index (χ1) is 19.4. The lowest BCUT2D eigenvalue weighted by atomic mass is 9.71. The standard InChI is InChI=1S/C29H40F6O5S2/c1-18-23(20-12-6-3-7-13-20)19(2)25(22-16-10-5-11-17-22)26(24(18)21-14-8-4-9-15-21)41(36,37)28(32,33)27(30,31)29(34,35)42(38,39)40/h20-22H,3-17H2,1-2H3,(H,38,39,40). The average Bonchev–Trinajstić information content (AvgIpc) is 2.93. The van der Waals surface area contributed by atoms with Crippen molar-refractivity contribution in [1.29, 1.82) is 0 Å². The Morgan fingerprint density at radius 2 is 0.857 bits per heavy atom. The summed E-state index contributed by atoms with van der Waals surface area (Å²) in [6.45, 7) is 3.24. The smallest absolute Gasteiger partial charge is 0.281 e. The molecule has 1 aromatic rings. The van der Waals surface area contributed by atoms with Crippen LogP contribution in [0.5, 0.6) is 0 Å². The van der Waals surface area contributed by atoms with Crippen LogP contribution in [-0.4, -0.2) is 37.8 Å². The van der Waals surface area contributed by atoms with E-state index in [1.54, 1.807) is 13.8 Å². The van der Waals surface area contributed by atoms with Crippen LogP contribution in [0.2, 0.25) is 0 Å². The number of hydrogen-bond donors (Lipinski definition) is 1. The van der Waals surface area contributed by atoms with E-state index in [-0.39, 0.29) is 17.0 Å². The van der Waals surface area contributed by atoms with E-state index in [1.807, 2.05) is 0 Å². The minimum atomic E-state index is -7.11. The first kappa shape index (κ1) is 33.6. The number of sulfone groups is 1. The predicted octanol–water partition coefficient (Wildman–Crippen LogP) is 8.93. The second-order valence-electron chi connectivity index (χ2n) is 12.4. The SMILES string of the molecule is Cc1c(C2CCCCC2)c(C)c(C2CCCCC2)c(S(=O)(=O)C(F)(F)C(F)(F)C(F)(F)S(=O)(=O)O)c1C1CCCCC1. The summed E-state index contributed by atoms with van der Waals surface area (Å²) in [5, 5.41) is -13.3. The molecular weight excluding hydrogens is 606 g/mol. The lowest BCUT2D eigenvalue weighted by molar-refractivity contribution is -0.245. The molecule has 1 aromatic carbocycles. The molecule has 13 heteroatoms. The predicted molar refractivity (Wildman–Crippen MR) is 147 cm³/mol. The van der Waals surface area contributed by atoms with E-state index in [0.717, 1.165) is 50.5 Å². The van der Waals surface area contributed by atoms with Crippen LogP contribution in [0.4, 0.5) is 26.3 Å². The van der Waals surface area contributed by atoms with E-state index in [2.05, 4.69) is 0 Å². The molecule has 3 fully saturated rings. The van der Waals surface area contributed by atoms with Crippen molar-refractivity contribution >= 4 is 20.0 Å². The first-order valence-electron chi connectivity index (χ1n) is 14.9. The van der Waals surface area contributed by atoms with Crippen LogP contribution >= 0.6 is 0 Å². The van der Waals surface area contributed by atoms with Gasteiger partial charge in [0.05, 0.1) is 4.90 Å². The van der Waals surface area contributed by atoms with Gasteiger partial charge in [0, 0.05) is 0 Å². The lowest BCUT2D eigenvalue weighted by Crippen LogP contribution is -2.60. The zero-order valence-corrected chi connectivity index (χ0v) is 25.6. The van der Waals surface area contributed by atoms with Crippen molar-refractivity contribution in [2.75, 3.05) is 0 Å². The second-order valence-corrected chi connectivity index (χ2v) is 15.8. The Morgan fingerprint density at radius 3 is 1.17 bits per heavy atom. The summed E-state index contributed by atoms with van der Waals surface area (Å²) in [6, 6.07) is 0. The normalized spacial score (nSPS) is 21.5. The molecule has 3 aliphatic rings. The van der Waals surface area contributed by atoms with E-state index in [1.165, 1.54) is 0 Å². The highest BCUT2D eigenvalue weighted by Crippen LogP contribution is 2.56. The zero-order chi connectivity index (χ0) is 31.3. The van der Waals surface area contributed by atoms with E-state index in [4.69, 9.17) is 4.55 Å². The molecule has 42 heavy (non-hydrogen) atoms. The monoisotopic (exact) mass is 646 g/mol. The van der Waals surface area contributed by atoms with Gasteiger partial charge in [0.2, 0.25) is 0 Å².